The predicted octanol–water partition coefficient (Wildman–Crippen LogP) is 4.06. The monoisotopic (exact) mass is 525 g/mol. The van der Waals surface area contributed by atoms with Crippen LogP contribution in [0.5, 0.6) is 6.01 Å². The van der Waals surface area contributed by atoms with Crippen LogP contribution in [-0.2, 0) is 13.0 Å². The highest BCUT2D eigenvalue weighted by atomic mass is 16.5. The number of ether oxygens (including phenoxy) is 1. The molecule has 39 heavy (non-hydrogen) atoms. The molecule has 8 nitrogen and oxygen atoms in total. The van der Waals surface area contributed by atoms with E-state index in [1.54, 1.807) is 0 Å². The molecule has 0 spiro atoms. The van der Waals surface area contributed by atoms with Crippen LogP contribution in [0.1, 0.15) is 42.5 Å². The topological polar surface area (TPSA) is 80.6 Å². The zero-order valence-corrected chi connectivity index (χ0v) is 23.2. The molecule has 3 aliphatic rings. The van der Waals surface area contributed by atoms with Crippen molar-refractivity contribution in [2.24, 2.45) is 0 Å². The van der Waals surface area contributed by atoms with E-state index in [0.29, 0.717) is 25.1 Å². The van der Waals surface area contributed by atoms with Crippen LogP contribution >= 0.6 is 0 Å². The van der Waals surface area contributed by atoms with E-state index >= 15 is 0 Å². The van der Waals surface area contributed by atoms with Gasteiger partial charge in [-0.1, -0.05) is 30.3 Å². The van der Waals surface area contributed by atoms with Gasteiger partial charge in [-0.3, -0.25) is 0 Å². The summed E-state index contributed by atoms with van der Waals surface area (Å²) in [5.74, 6) is 0.975. The zero-order valence-electron chi connectivity index (χ0n) is 23.2. The minimum absolute atomic E-state index is 0.133. The van der Waals surface area contributed by atoms with E-state index < -0.39 is 0 Å². The minimum atomic E-state index is 0.133. The van der Waals surface area contributed by atoms with Gasteiger partial charge in [0, 0.05) is 61.4 Å². The Hall–Kier alpha value is -3.41. The number of fused-ring (bicyclic) bond motifs is 2. The Morgan fingerprint density at radius 3 is 2.77 bits per heavy atom. The SMILES string of the molecule is Cc1cccc2cccc(N3CCCc4nc(OC[C@@H]5CCCN5C)nc(N5CCN[C@@H](CC#N)C5)c4C3)c12. The fourth-order valence-electron chi connectivity index (χ4n) is 6.50. The number of hydrogen-bond acceptors (Lipinski definition) is 8. The molecule has 0 bridgehead atoms. The van der Waals surface area contributed by atoms with E-state index in [0.717, 1.165) is 70.0 Å². The molecular weight excluding hydrogens is 486 g/mol. The Morgan fingerprint density at radius 1 is 1.08 bits per heavy atom. The van der Waals surface area contributed by atoms with Crippen LogP contribution in [0.15, 0.2) is 36.4 Å². The van der Waals surface area contributed by atoms with Gasteiger partial charge < -0.3 is 24.8 Å². The summed E-state index contributed by atoms with van der Waals surface area (Å²) in [6, 6.07) is 16.5. The molecule has 2 saturated heterocycles. The summed E-state index contributed by atoms with van der Waals surface area (Å²) in [5, 5.41) is 15.4. The first-order valence-electron chi connectivity index (χ1n) is 14.4. The lowest BCUT2D eigenvalue weighted by Gasteiger charge is -2.35. The summed E-state index contributed by atoms with van der Waals surface area (Å²) < 4.78 is 6.29. The molecule has 0 amide bonds. The van der Waals surface area contributed by atoms with Crippen molar-refractivity contribution in [2.45, 2.75) is 57.7 Å². The molecule has 4 heterocycles. The smallest absolute Gasteiger partial charge is 0.318 e. The molecule has 0 unspecified atom stereocenters. The normalized spacial score (nSPS) is 22.0. The quantitative estimate of drug-likeness (QED) is 0.516. The van der Waals surface area contributed by atoms with Gasteiger partial charge in [0.1, 0.15) is 12.4 Å². The van der Waals surface area contributed by atoms with Crippen molar-refractivity contribution in [1.29, 1.82) is 5.26 Å². The molecule has 0 saturated carbocycles. The molecule has 2 atom stereocenters. The van der Waals surface area contributed by atoms with Gasteiger partial charge in [-0.2, -0.15) is 15.2 Å². The fourth-order valence-corrected chi connectivity index (χ4v) is 6.50. The summed E-state index contributed by atoms with van der Waals surface area (Å²) in [4.78, 5) is 17.3. The second-order valence-corrected chi connectivity index (χ2v) is 11.3. The third-order valence-electron chi connectivity index (χ3n) is 8.64. The van der Waals surface area contributed by atoms with Gasteiger partial charge in [-0.05, 0) is 63.2 Å². The Balaban J connectivity index is 1.36. The number of likely N-dealkylation sites (tertiary alicyclic amines) is 1. The number of aromatic nitrogens is 2. The van der Waals surface area contributed by atoms with Gasteiger partial charge in [0.25, 0.3) is 0 Å². The lowest BCUT2D eigenvalue weighted by Crippen LogP contribution is -2.51. The Bertz CT molecular complexity index is 1360. The molecule has 0 radical (unpaired) electrons. The van der Waals surface area contributed by atoms with Crippen molar-refractivity contribution in [2.75, 3.05) is 56.2 Å². The number of hydrogen-bond donors (Lipinski definition) is 1. The highest BCUT2D eigenvalue weighted by Crippen LogP contribution is 2.35. The van der Waals surface area contributed by atoms with Crippen molar-refractivity contribution in [3.63, 3.8) is 0 Å². The average Bonchev–Trinajstić information content (AvgIpc) is 3.24. The van der Waals surface area contributed by atoms with E-state index in [1.165, 1.54) is 34.0 Å². The second kappa shape index (κ2) is 11.4. The maximum absolute atomic E-state index is 9.35. The van der Waals surface area contributed by atoms with Gasteiger partial charge >= 0.3 is 6.01 Å². The van der Waals surface area contributed by atoms with Crippen LogP contribution < -0.4 is 19.9 Å². The molecule has 1 aromatic heterocycles. The number of nitriles is 1. The fraction of sp³-hybridized carbons (Fsp3) is 0.516. The Kier molecular flexibility index (Phi) is 7.53. The Labute approximate surface area is 231 Å². The van der Waals surface area contributed by atoms with Crippen LogP contribution in [0, 0.1) is 18.3 Å². The van der Waals surface area contributed by atoms with Crippen LogP contribution in [0.2, 0.25) is 0 Å². The first-order chi connectivity index (χ1) is 19.1. The first-order valence-corrected chi connectivity index (χ1v) is 14.4. The maximum Gasteiger partial charge on any atom is 0.318 e. The first kappa shape index (κ1) is 25.8. The number of nitrogens with zero attached hydrogens (tertiary/aromatic N) is 6. The minimum Gasteiger partial charge on any atom is -0.462 e. The molecule has 204 valence electrons. The summed E-state index contributed by atoms with van der Waals surface area (Å²) in [6.07, 6.45) is 4.78. The van der Waals surface area contributed by atoms with E-state index in [4.69, 9.17) is 14.7 Å². The summed E-state index contributed by atoms with van der Waals surface area (Å²) in [5.41, 5.74) is 4.87. The van der Waals surface area contributed by atoms with Gasteiger partial charge in [0.15, 0.2) is 0 Å². The number of benzene rings is 2. The van der Waals surface area contributed by atoms with Crippen LogP contribution in [0.4, 0.5) is 11.5 Å². The highest BCUT2D eigenvalue weighted by molar-refractivity contribution is 5.97. The predicted molar refractivity (Wildman–Crippen MR) is 155 cm³/mol. The zero-order chi connectivity index (χ0) is 26.8. The molecule has 8 heteroatoms. The van der Waals surface area contributed by atoms with E-state index in [-0.39, 0.29) is 6.04 Å². The maximum atomic E-state index is 9.35. The van der Waals surface area contributed by atoms with E-state index in [9.17, 15) is 5.26 Å². The number of nitrogens with one attached hydrogen (secondary N) is 1. The van der Waals surface area contributed by atoms with Crippen LogP contribution in [-0.4, -0.2) is 73.3 Å². The molecule has 3 aromatic rings. The summed E-state index contributed by atoms with van der Waals surface area (Å²) >= 11 is 0. The number of aryl methyl sites for hydroxylation is 2. The molecule has 0 aliphatic carbocycles. The van der Waals surface area contributed by atoms with Gasteiger partial charge in [-0.15, -0.1) is 0 Å². The van der Waals surface area contributed by atoms with Crippen molar-refractivity contribution in [3.05, 3.63) is 53.2 Å². The van der Waals surface area contributed by atoms with Crippen LogP contribution in [0.3, 0.4) is 0 Å². The Morgan fingerprint density at radius 2 is 1.95 bits per heavy atom. The third kappa shape index (κ3) is 5.39. The van der Waals surface area contributed by atoms with Crippen LogP contribution in [0.25, 0.3) is 10.8 Å². The molecule has 1 N–H and O–H groups in total. The van der Waals surface area contributed by atoms with Crippen molar-refractivity contribution >= 4 is 22.3 Å². The molecule has 2 aromatic carbocycles. The third-order valence-corrected chi connectivity index (χ3v) is 8.64. The van der Waals surface area contributed by atoms with Gasteiger partial charge in [0.2, 0.25) is 0 Å². The van der Waals surface area contributed by atoms with Crippen molar-refractivity contribution < 1.29 is 4.74 Å². The lowest BCUT2D eigenvalue weighted by atomic mass is 10.0. The summed E-state index contributed by atoms with van der Waals surface area (Å²) in [6.45, 7) is 8.11. The number of rotatable bonds is 6. The van der Waals surface area contributed by atoms with E-state index in [1.807, 2.05) is 0 Å². The van der Waals surface area contributed by atoms with Gasteiger partial charge in [-0.25, -0.2) is 0 Å². The molecule has 6 rings (SSSR count). The standard InChI is InChI=1S/C31H39N7O/c1-22-7-3-8-23-9-4-12-28(29(22)23)37-17-6-11-27-26(20-37)30(38-18-15-33-24(19-38)13-14-32)35-31(34-27)39-21-25-10-5-16-36(25)2/h3-4,7-9,12,24-25,33H,5-6,10-11,13,15-21H2,1-2H3/t24-,25-/m0/s1. The number of likely N-dealkylation sites (N-methyl/N-ethyl adjacent to an activating group) is 1. The van der Waals surface area contributed by atoms with E-state index in [2.05, 4.69) is 76.5 Å². The largest absolute Gasteiger partial charge is 0.462 e. The number of piperazine rings is 1. The lowest BCUT2D eigenvalue weighted by molar-refractivity contribution is 0.187. The van der Waals surface area contributed by atoms with Crippen molar-refractivity contribution in [1.82, 2.24) is 20.2 Å². The number of anilines is 2. The van der Waals surface area contributed by atoms with Crippen molar-refractivity contribution in [3.8, 4) is 12.1 Å². The second-order valence-electron chi connectivity index (χ2n) is 11.3. The molecule has 3 aliphatic heterocycles. The summed E-state index contributed by atoms with van der Waals surface area (Å²) in [7, 11) is 2.17. The van der Waals surface area contributed by atoms with Gasteiger partial charge in [0.05, 0.1) is 18.2 Å². The molecule has 2 fully saturated rings. The highest BCUT2D eigenvalue weighted by Gasteiger charge is 2.29. The molecular formula is C31H39N7O. The average molecular weight is 526 g/mol.